The molecule has 0 radical (unpaired) electrons. The second-order valence-corrected chi connectivity index (χ2v) is 5.85. The summed E-state index contributed by atoms with van der Waals surface area (Å²) < 4.78 is 0. The summed E-state index contributed by atoms with van der Waals surface area (Å²) in [5.41, 5.74) is 6.23. The Hall–Kier alpha value is -1.74. The van der Waals surface area contributed by atoms with Crippen LogP contribution in [0, 0.1) is 13.8 Å². The molecule has 3 heteroatoms. The maximum atomic E-state index is 4.87. The number of nitrogens with zero attached hydrogens (tertiary/aromatic N) is 2. The zero-order valence-electron chi connectivity index (χ0n) is 13.1. The van der Waals surface area contributed by atoms with Gasteiger partial charge in [0, 0.05) is 29.1 Å². The smallest absolute Gasteiger partial charge is 0.159 e. The second kappa shape index (κ2) is 5.94. The molecule has 2 aromatic rings. The van der Waals surface area contributed by atoms with Crippen LogP contribution in [0.5, 0.6) is 0 Å². The first kappa shape index (κ1) is 14.2. The summed E-state index contributed by atoms with van der Waals surface area (Å²) in [6.07, 6.45) is 5.49. The Morgan fingerprint density at radius 1 is 1.29 bits per heavy atom. The maximum Gasteiger partial charge on any atom is 0.159 e. The highest BCUT2D eigenvalue weighted by atomic mass is 14.9. The molecule has 0 spiro atoms. The van der Waals surface area contributed by atoms with Crippen LogP contribution in [-0.4, -0.2) is 16.5 Å². The third-order valence-electron chi connectivity index (χ3n) is 4.48. The molecule has 0 fully saturated rings. The van der Waals surface area contributed by atoms with Crippen LogP contribution in [0.15, 0.2) is 24.4 Å². The van der Waals surface area contributed by atoms with E-state index in [0.717, 1.165) is 24.4 Å². The van der Waals surface area contributed by atoms with E-state index in [2.05, 4.69) is 49.3 Å². The van der Waals surface area contributed by atoms with E-state index in [-0.39, 0.29) is 0 Å². The molecular formula is C18H23N3. The molecule has 1 aliphatic carbocycles. The van der Waals surface area contributed by atoms with Gasteiger partial charge in [0.2, 0.25) is 0 Å². The van der Waals surface area contributed by atoms with Crippen molar-refractivity contribution >= 4 is 0 Å². The van der Waals surface area contributed by atoms with Crippen molar-refractivity contribution in [3.05, 3.63) is 46.8 Å². The van der Waals surface area contributed by atoms with E-state index in [4.69, 9.17) is 4.98 Å². The summed E-state index contributed by atoms with van der Waals surface area (Å²) in [6, 6.07) is 6.76. The van der Waals surface area contributed by atoms with Crippen molar-refractivity contribution in [2.24, 2.45) is 0 Å². The van der Waals surface area contributed by atoms with Gasteiger partial charge in [0.25, 0.3) is 0 Å². The maximum absolute atomic E-state index is 4.87. The van der Waals surface area contributed by atoms with Gasteiger partial charge in [-0.05, 0) is 50.8 Å². The molecule has 0 saturated carbocycles. The first-order valence-electron chi connectivity index (χ1n) is 7.86. The van der Waals surface area contributed by atoms with Gasteiger partial charge in [-0.1, -0.05) is 25.1 Å². The van der Waals surface area contributed by atoms with Crippen LogP contribution in [0.2, 0.25) is 0 Å². The molecule has 0 saturated heterocycles. The lowest BCUT2D eigenvalue weighted by atomic mass is 9.92. The van der Waals surface area contributed by atoms with E-state index in [1.54, 1.807) is 0 Å². The van der Waals surface area contributed by atoms with E-state index in [1.165, 1.54) is 35.2 Å². The fourth-order valence-electron chi connectivity index (χ4n) is 3.13. The highest BCUT2D eigenvalue weighted by molar-refractivity contribution is 5.62. The monoisotopic (exact) mass is 281 g/mol. The Morgan fingerprint density at radius 2 is 2.14 bits per heavy atom. The summed E-state index contributed by atoms with van der Waals surface area (Å²) >= 11 is 0. The van der Waals surface area contributed by atoms with Crippen molar-refractivity contribution in [2.45, 2.75) is 46.1 Å². The lowest BCUT2D eigenvalue weighted by molar-refractivity contribution is 0.464. The van der Waals surface area contributed by atoms with Gasteiger partial charge >= 0.3 is 0 Å². The van der Waals surface area contributed by atoms with Crippen LogP contribution in [0.1, 0.15) is 48.2 Å². The molecule has 1 aromatic carbocycles. The number of benzene rings is 1. The zero-order chi connectivity index (χ0) is 14.8. The van der Waals surface area contributed by atoms with Crippen molar-refractivity contribution in [1.29, 1.82) is 0 Å². The van der Waals surface area contributed by atoms with Crippen molar-refractivity contribution in [2.75, 3.05) is 6.54 Å². The first-order chi connectivity index (χ1) is 10.2. The van der Waals surface area contributed by atoms with Crippen molar-refractivity contribution in [3.8, 4) is 11.4 Å². The largest absolute Gasteiger partial charge is 0.310 e. The van der Waals surface area contributed by atoms with Gasteiger partial charge in [-0.15, -0.1) is 0 Å². The minimum Gasteiger partial charge on any atom is -0.310 e. The Morgan fingerprint density at radius 3 is 2.95 bits per heavy atom. The number of hydrogen-bond donors (Lipinski definition) is 1. The molecule has 1 unspecified atom stereocenters. The molecule has 1 N–H and O–H groups in total. The molecule has 3 rings (SSSR count). The Bertz CT molecular complexity index is 649. The fraction of sp³-hybridized carbons (Fsp3) is 0.444. The van der Waals surface area contributed by atoms with Crippen molar-refractivity contribution in [3.63, 3.8) is 0 Å². The minimum absolute atomic E-state index is 0.423. The van der Waals surface area contributed by atoms with Gasteiger partial charge in [0.15, 0.2) is 5.82 Å². The summed E-state index contributed by atoms with van der Waals surface area (Å²) in [4.78, 5) is 9.51. The number of nitrogens with one attached hydrogen (secondary N) is 1. The number of aromatic nitrogens is 2. The SMILES string of the molecule is CCNC1CCCc2nc(-c3cccc(C)c3C)ncc21. The Labute approximate surface area is 126 Å². The predicted molar refractivity (Wildman–Crippen MR) is 86.3 cm³/mol. The van der Waals surface area contributed by atoms with Crippen LogP contribution in [0.3, 0.4) is 0 Å². The van der Waals surface area contributed by atoms with Crippen LogP contribution < -0.4 is 5.32 Å². The van der Waals surface area contributed by atoms with Crippen LogP contribution in [0.25, 0.3) is 11.4 Å². The second-order valence-electron chi connectivity index (χ2n) is 5.85. The number of fused-ring (bicyclic) bond motifs is 1. The van der Waals surface area contributed by atoms with Gasteiger partial charge in [-0.2, -0.15) is 0 Å². The summed E-state index contributed by atoms with van der Waals surface area (Å²) in [5, 5.41) is 3.54. The number of hydrogen-bond acceptors (Lipinski definition) is 3. The average molecular weight is 281 g/mol. The number of rotatable bonds is 3. The van der Waals surface area contributed by atoms with E-state index < -0.39 is 0 Å². The van der Waals surface area contributed by atoms with E-state index in [9.17, 15) is 0 Å². The highest BCUT2D eigenvalue weighted by Crippen LogP contribution is 2.30. The fourth-order valence-corrected chi connectivity index (χ4v) is 3.13. The molecular weight excluding hydrogens is 258 g/mol. The Kier molecular flexibility index (Phi) is 4.02. The van der Waals surface area contributed by atoms with Gasteiger partial charge in [-0.3, -0.25) is 0 Å². The quantitative estimate of drug-likeness (QED) is 0.931. The summed E-state index contributed by atoms with van der Waals surface area (Å²) in [5.74, 6) is 0.868. The number of aryl methyl sites for hydroxylation is 2. The summed E-state index contributed by atoms with van der Waals surface area (Å²) in [6.45, 7) is 7.43. The van der Waals surface area contributed by atoms with Gasteiger partial charge in [0.1, 0.15) is 0 Å². The van der Waals surface area contributed by atoms with Crippen LogP contribution in [0.4, 0.5) is 0 Å². The van der Waals surface area contributed by atoms with E-state index in [0.29, 0.717) is 6.04 Å². The molecule has 0 amide bonds. The first-order valence-corrected chi connectivity index (χ1v) is 7.86. The summed E-state index contributed by atoms with van der Waals surface area (Å²) in [7, 11) is 0. The highest BCUT2D eigenvalue weighted by Gasteiger charge is 2.21. The third-order valence-corrected chi connectivity index (χ3v) is 4.48. The normalized spacial score (nSPS) is 17.6. The van der Waals surface area contributed by atoms with E-state index in [1.807, 2.05) is 6.20 Å². The molecule has 110 valence electrons. The molecule has 1 aliphatic rings. The predicted octanol–water partition coefficient (Wildman–Crippen LogP) is 3.75. The molecule has 1 heterocycles. The van der Waals surface area contributed by atoms with Gasteiger partial charge in [0.05, 0.1) is 0 Å². The van der Waals surface area contributed by atoms with Crippen LogP contribution >= 0.6 is 0 Å². The minimum atomic E-state index is 0.423. The molecule has 21 heavy (non-hydrogen) atoms. The van der Waals surface area contributed by atoms with Crippen molar-refractivity contribution < 1.29 is 0 Å². The van der Waals surface area contributed by atoms with Gasteiger partial charge < -0.3 is 5.32 Å². The lowest BCUT2D eigenvalue weighted by Gasteiger charge is -2.25. The molecule has 3 nitrogen and oxygen atoms in total. The molecule has 0 aliphatic heterocycles. The zero-order valence-corrected chi connectivity index (χ0v) is 13.1. The van der Waals surface area contributed by atoms with Gasteiger partial charge in [-0.25, -0.2) is 9.97 Å². The molecule has 0 bridgehead atoms. The lowest BCUT2D eigenvalue weighted by Crippen LogP contribution is -2.25. The standard InChI is InChI=1S/C18H23N3/c1-4-19-16-9-6-10-17-15(16)11-20-18(21-17)14-8-5-7-12(2)13(14)3/h5,7-8,11,16,19H,4,6,9-10H2,1-3H3. The molecule has 1 atom stereocenters. The average Bonchev–Trinajstić information content (AvgIpc) is 2.50. The third kappa shape index (κ3) is 2.70. The van der Waals surface area contributed by atoms with E-state index >= 15 is 0 Å². The Balaban J connectivity index is 2.01. The van der Waals surface area contributed by atoms with Crippen molar-refractivity contribution in [1.82, 2.24) is 15.3 Å². The topological polar surface area (TPSA) is 37.8 Å². The van der Waals surface area contributed by atoms with Crippen LogP contribution in [-0.2, 0) is 6.42 Å². The molecule has 1 aromatic heterocycles.